The van der Waals surface area contributed by atoms with E-state index in [1.807, 2.05) is 0 Å². The Labute approximate surface area is 82.0 Å². The van der Waals surface area contributed by atoms with Crippen molar-refractivity contribution in [3.05, 3.63) is 0 Å². The second kappa shape index (κ2) is 4.43. The molecule has 78 valence electrons. The number of methoxy groups -OCH3 is 1. The minimum Gasteiger partial charge on any atom is -0.383 e. The highest BCUT2D eigenvalue weighted by atomic mass is 16.5. The van der Waals surface area contributed by atoms with Gasteiger partial charge in [-0.3, -0.25) is 0 Å². The third-order valence-electron chi connectivity index (χ3n) is 3.05. The second-order valence-corrected chi connectivity index (χ2v) is 5.00. The molecule has 0 aliphatic heterocycles. The van der Waals surface area contributed by atoms with Gasteiger partial charge in [-0.25, -0.2) is 0 Å². The molecule has 2 nitrogen and oxygen atoms in total. The van der Waals surface area contributed by atoms with Crippen LogP contribution >= 0.6 is 0 Å². The fourth-order valence-electron chi connectivity index (χ4n) is 1.43. The van der Waals surface area contributed by atoms with Gasteiger partial charge in [0.15, 0.2) is 0 Å². The molecule has 0 spiro atoms. The Bertz CT molecular complexity index is 152. The number of nitrogens with one attached hydrogen (secondary N) is 1. The van der Waals surface area contributed by atoms with Crippen molar-refractivity contribution < 1.29 is 4.74 Å². The van der Waals surface area contributed by atoms with E-state index in [-0.39, 0.29) is 0 Å². The topological polar surface area (TPSA) is 21.3 Å². The largest absolute Gasteiger partial charge is 0.383 e. The summed E-state index contributed by atoms with van der Waals surface area (Å²) in [5.41, 5.74) is 0.598. The van der Waals surface area contributed by atoms with Gasteiger partial charge in [0.1, 0.15) is 0 Å². The van der Waals surface area contributed by atoms with Crippen molar-refractivity contribution in [3.63, 3.8) is 0 Å². The number of hydrogen-bond acceptors (Lipinski definition) is 2. The van der Waals surface area contributed by atoms with Crippen LogP contribution in [0.5, 0.6) is 0 Å². The maximum Gasteiger partial charge on any atom is 0.0618 e. The summed E-state index contributed by atoms with van der Waals surface area (Å²) in [5, 5.41) is 3.60. The van der Waals surface area contributed by atoms with Gasteiger partial charge in [0.05, 0.1) is 6.61 Å². The third-order valence-corrected chi connectivity index (χ3v) is 3.05. The van der Waals surface area contributed by atoms with Crippen LogP contribution in [0.3, 0.4) is 0 Å². The molecule has 0 heterocycles. The Morgan fingerprint density at radius 1 is 1.38 bits per heavy atom. The molecule has 0 aromatic heterocycles. The van der Waals surface area contributed by atoms with Crippen LogP contribution in [0.4, 0.5) is 0 Å². The predicted octanol–water partition coefficient (Wildman–Crippen LogP) is 2.05. The SMILES string of the molecule is COCC(NCC1(C)CC1)C(C)C. The van der Waals surface area contributed by atoms with Crippen molar-refractivity contribution in [1.29, 1.82) is 0 Å². The summed E-state index contributed by atoms with van der Waals surface area (Å²) < 4.78 is 5.19. The molecule has 1 aliphatic carbocycles. The molecule has 0 radical (unpaired) electrons. The van der Waals surface area contributed by atoms with E-state index in [9.17, 15) is 0 Å². The highest BCUT2D eigenvalue weighted by Gasteiger charge is 2.37. The smallest absolute Gasteiger partial charge is 0.0618 e. The lowest BCUT2D eigenvalue weighted by Gasteiger charge is -2.23. The summed E-state index contributed by atoms with van der Waals surface area (Å²) >= 11 is 0. The fraction of sp³-hybridized carbons (Fsp3) is 1.00. The molecule has 1 N–H and O–H groups in total. The van der Waals surface area contributed by atoms with Crippen molar-refractivity contribution in [1.82, 2.24) is 5.32 Å². The lowest BCUT2D eigenvalue weighted by Crippen LogP contribution is -2.40. The molecule has 1 rings (SSSR count). The molecular formula is C11H23NO. The van der Waals surface area contributed by atoms with Crippen LogP contribution < -0.4 is 5.32 Å². The molecule has 1 atom stereocenters. The minimum absolute atomic E-state index is 0.516. The van der Waals surface area contributed by atoms with E-state index in [0.717, 1.165) is 13.2 Å². The standard InChI is InChI=1S/C11H23NO/c1-9(2)10(7-13-4)12-8-11(3)5-6-11/h9-10,12H,5-8H2,1-4H3. The van der Waals surface area contributed by atoms with E-state index in [1.165, 1.54) is 12.8 Å². The van der Waals surface area contributed by atoms with Gasteiger partial charge in [-0.2, -0.15) is 0 Å². The van der Waals surface area contributed by atoms with Crippen molar-refractivity contribution in [3.8, 4) is 0 Å². The van der Waals surface area contributed by atoms with E-state index in [1.54, 1.807) is 7.11 Å². The zero-order valence-corrected chi connectivity index (χ0v) is 9.39. The fourth-order valence-corrected chi connectivity index (χ4v) is 1.43. The van der Waals surface area contributed by atoms with E-state index < -0.39 is 0 Å². The molecule has 13 heavy (non-hydrogen) atoms. The van der Waals surface area contributed by atoms with Crippen LogP contribution in [0.2, 0.25) is 0 Å². The summed E-state index contributed by atoms with van der Waals surface area (Å²) in [6, 6.07) is 0.516. The molecule has 2 heteroatoms. The average molecular weight is 185 g/mol. The Kier molecular flexibility index (Phi) is 3.74. The van der Waals surface area contributed by atoms with Gasteiger partial charge in [-0.05, 0) is 24.2 Å². The predicted molar refractivity (Wildman–Crippen MR) is 55.8 cm³/mol. The molecule has 0 saturated heterocycles. The summed E-state index contributed by atoms with van der Waals surface area (Å²) in [4.78, 5) is 0. The summed E-state index contributed by atoms with van der Waals surface area (Å²) in [6.45, 7) is 8.81. The highest BCUT2D eigenvalue weighted by Crippen LogP contribution is 2.44. The van der Waals surface area contributed by atoms with Gasteiger partial charge < -0.3 is 10.1 Å². The van der Waals surface area contributed by atoms with Gasteiger partial charge in [-0.1, -0.05) is 20.8 Å². The van der Waals surface area contributed by atoms with Gasteiger partial charge in [0.25, 0.3) is 0 Å². The Hall–Kier alpha value is -0.0800. The molecular weight excluding hydrogens is 162 g/mol. The van der Waals surface area contributed by atoms with Gasteiger partial charge >= 0.3 is 0 Å². The molecule has 1 unspecified atom stereocenters. The van der Waals surface area contributed by atoms with Crippen molar-refractivity contribution in [2.24, 2.45) is 11.3 Å². The van der Waals surface area contributed by atoms with E-state index in [0.29, 0.717) is 17.4 Å². The van der Waals surface area contributed by atoms with Gasteiger partial charge in [0, 0.05) is 19.7 Å². The van der Waals surface area contributed by atoms with Gasteiger partial charge in [-0.15, -0.1) is 0 Å². The van der Waals surface area contributed by atoms with Crippen molar-refractivity contribution in [2.45, 2.75) is 39.7 Å². The Balaban J connectivity index is 2.21. The van der Waals surface area contributed by atoms with Crippen LogP contribution in [0.1, 0.15) is 33.6 Å². The lowest BCUT2D eigenvalue weighted by molar-refractivity contribution is 0.144. The number of rotatable bonds is 6. The van der Waals surface area contributed by atoms with Crippen LogP contribution in [-0.2, 0) is 4.74 Å². The maximum absolute atomic E-state index is 5.19. The Morgan fingerprint density at radius 3 is 2.38 bits per heavy atom. The first-order valence-corrected chi connectivity index (χ1v) is 5.30. The third kappa shape index (κ3) is 3.65. The van der Waals surface area contributed by atoms with Crippen LogP contribution in [0.15, 0.2) is 0 Å². The highest BCUT2D eigenvalue weighted by molar-refractivity contribution is 4.91. The minimum atomic E-state index is 0.516. The van der Waals surface area contributed by atoms with Crippen LogP contribution in [0.25, 0.3) is 0 Å². The van der Waals surface area contributed by atoms with E-state index >= 15 is 0 Å². The summed E-state index contributed by atoms with van der Waals surface area (Å²) in [6.07, 6.45) is 2.77. The average Bonchev–Trinajstić information content (AvgIpc) is 2.77. The first-order chi connectivity index (χ1) is 6.07. The van der Waals surface area contributed by atoms with E-state index in [4.69, 9.17) is 4.74 Å². The molecule has 1 aliphatic rings. The van der Waals surface area contributed by atoms with E-state index in [2.05, 4.69) is 26.1 Å². The molecule has 0 bridgehead atoms. The summed E-state index contributed by atoms with van der Waals surface area (Å²) in [7, 11) is 1.77. The first kappa shape index (κ1) is 11.0. The summed E-state index contributed by atoms with van der Waals surface area (Å²) in [5.74, 6) is 0.655. The van der Waals surface area contributed by atoms with Gasteiger partial charge in [0.2, 0.25) is 0 Å². The first-order valence-electron chi connectivity index (χ1n) is 5.30. The second-order valence-electron chi connectivity index (χ2n) is 5.00. The van der Waals surface area contributed by atoms with Crippen molar-refractivity contribution in [2.75, 3.05) is 20.3 Å². The monoisotopic (exact) mass is 185 g/mol. The molecule has 1 saturated carbocycles. The number of hydrogen-bond donors (Lipinski definition) is 1. The van der Waals surface area contributed by atoms with Crippen molar-refractivity contribution >= 4 is 0 Å². The molecule has 0 aromatic rings. The quantitative estimate of drug-likeness (QED) is 0.684. The Morgan fingerprint density at radius 2 is 2.00 bits per heavy atom. The number of ether oxygens (including phenoxy) is 1. The molecule has 0 amide bonds. The van der Waals surface area contributed by atoms with Crippen LogP contribution in [-0.4, -0.2) is 26.3 Å². The normalized spacial score (nSPS) is 21.9. The van der Waals surface area contributed by atoms with Crippen LogP contribution in [0, 0.1) is 11.3 Å². The zero-order valence-electron chi connectivity index (χ0n) is 9.39. The maximum atomic E-state index is 5.19. The zero-order chi connectivity index (χ0) is 9.90. The lowest BCUT2D eigenvalue weighted by atomic mass is 10.0. The molecule has 1 fully saturated rings. The molecule has 0 aromatic carbocycles.